The third-order valence-corrected chi connectivity index (χ3v) is 4.77. The minimum atomic E-state index is 0.224. The second-order valence-corrected chi connectivity index (χ2v) is 9.01. The fourth-order valence-corrected chi connectivity index (χ4v) is 4.33. The highest BCUT2D eigenvalue weighted by Gasteiger charge is 2.35. The Labute approximate surface area is 132 Å². The Bertz CT molecular complexity index is 453. The average molecular weight is 338 g/mol. The normalized spacial score (nSPS) is 23.5. The number of hydrogen-bond acceptors (Lipinski definition) is 1. The molecule has 1 N–H and O–H groups in total. The first kappa shape index (κ1) is 16.0. The van der Waals surface area contributed by atoms with Gasteiger partial charge in [0.25, 0.3) is 0 Å². The summed E-state index contributed by atoms with van der Waals surface area (Å²) in [6.07, 6.45) is 3.72. The van der Waals surface area contributed by atoms with Crippen molar-refractivity contribution in [1.29, 1.82) is 0 Å². The zero-order chi connectivity index (χ0) is 15.0. The number of hydrogen-bond donors (Lipinski definition) is 1. The topological polar surface area (TPSA) is 12.0 Å². The molecule has 1 aromatic rings. The Kier molecular flexibility index (Phi) is 4.66. The molecule has 0 aromatic heterocycles. The van der Waals surface area contributed by atoms with Crippen molar-refractivity contribution in [2.75, 3.05) is 0 Å². The Morgan fingerprint density at radius 3 is 2.25 bits per heavy atom. The Morgan fingerprint density at radius 2 is 1.70 bits per heavy atom. The number of halogens is 1. The van der Waals surface area contributed by atoms with Crippen LogP contribution in [0.4, 0.5) is 0 Å². The monoisotopic (exact) mass is 337 g/mol. The molecule has 2 rings (SSSR count). The van der Waals surface area contributed by atoms with Crippen LogP contribution in [0.25, 0.3) is 0 Å². The first-order valence-electron chi connectivity index (χ1n) is 7.68. The van der Waals surface area contributed by atoms with E-state index < -0.39 is 0 Å². The van der Waals surface area contributed by atoms with Gasteiger partial charge in [0.05, 0.1) is 0 Å². The summed E-state index contributed by atoms with van der Waals surface area (Å²) in [5, 5.41) is 3.85. The molecule has 1 aliphatic carbocycles. The minimum Gasteiger partial charge on any atom is -0.309 e. The van der Waals surface area contributed by atoms with Crippen LogP contribution in [0.15, 0.2) is 28.7 Å². The van der Waals surface area contributed by atoms with Crippen molar-refractivity contribution in [2.24, 2.45) is 5.41 Å². The predicted octanol–water partition coefficient (Wildman–Crippen LogP) is 5.50. The van der Waals surface area contributed by atoms with E-state index in [0.717, 1.165) is 0 Å². The summed E-state index contributed by atoms with van der Waals surface area (Å²) in [6, 6.07) is 9.31. The van der Waals surface area contributed by atoms with E-state index >= 15 is 0 Å². The molecule has 2 heteroatoms. The van der Waals surface area contributed by atoms with Crippen molar-refractivity contribution in [2.45, 2.75) is 71.4 Å². The average Bonchev–Trinajstić information content (AvgIpc) is 2.21. The Morgan fingerprint density at radius 1 is 1.10 bits per heavy atom. The number of rotatable bonds is 4. The minimum absolute atomic E-state index is 0.224. The summed E-state index contributed by atoms with van der Waals surface area (Å²) in [7, 11) is 0. The smallest absolute Gasteiger partial charge is 0.0210 e. The van der Waals surface area contributed by atoms with Gasteiger partial charge in [-0.15, -0.1) is 0 Å². The van der Waals surface area contributed by atoms with Gasteiger partial charge in [0.15, 0.2) is 0 Å². The summed E-state index contributed by atoms with van der Waals surface area (Å²) in [5.41, 5.74) is 2.07. The lowest BCUT2D eigenvalue weighted by atomic mass is 9.73. The summed E-state index contributed by atoms with van der Waals surface area (Å²) >= 11 is 3.67. The molecule has 1 saturated carbocycles. The molecule has 0 spiro atoms. The molecular formula is C18H28BrN. The molecular weight excluding hydrogens is 310 g/mol. The molecule has 1 aliphatic rings. The highest BCUT2D eigenvalue weighted by atomic mass is 79.9. The van der Waals surface area contributed by atoms with Crippen molar-refractivity contribution < 1.29 is 0 Å². The zero-order valence-electron chi connectivity index (χ0n) is 13.5. The van der Waals surface area contributed by atoms with Gasteiger partial charge < -0.3 is 5.32 Å². The van der Waals surface area contributed by atoms with Gasteiger partial charge >= 0.3 is 0 Å². The van der Waals surface area contributed by atoms with E-state index in [1.807, 2.05) is 0 Å². The Hall–Kier alpha value is -0.340. The second-order valence-electron chi connectivity index (χ2n) is 8.15. The van der Waals surface area contributed by atoms with Crippen LogP contribution < -0.4 is 5.32 Å². The van der Waals surface area contributed by atoms with Gasteiger partial charge in [-0.25, -0.2) is 0 Å². The standard InChI is InChI=1S/C18H28BrN/c1-17(2,3)12-18(4,5)20-14-10-13(11-14)15-8-6-7-9-16(15)19/h6-9,13-14,20H,10-12H2,1-5H3. The van der Waals surface area contributed by atoms with Crippen LogP contribution in [0.3, 0.4) is 0 Å². The van der Waals surface area contributed by atoms with E-state index in [4.69, 9.17) is 0 Å². The first-order chi connectivity index (χ1) is 9.16. The van der Waals surface area contributed by atoms with Gasteiger partial charge in [0, 0.05) is 16.1 Å². The van der Waals surface area contributed by atoms with E-state index in [1.165, 1.54) is 29.3 Å². The first-order valence-corrected chi connectivity index (χ1v) is 8.48. The summed E-state index contributed by atoms with van der Waals surface area (Å²) in [6.45, 7) is 11.6. The molecule has 0 bridgehead atoms. The van der Waals surface area contributed by atoms with Crippen molar-refractivity contribution >= 4 is 15.9 Å². The molecule has 20 heavy (non-hydrogen) atoms. The third kappa shape index (κ3) is 4.33. The van der Waals surface area contributed by atoms with E-state index in [2.05, 4.69) is 80.1 Å². The Balaban J connectivity index is 1.87. The zero-order valence-corrected chi connectivity index (χ0v) is 15.0. The largest absolute Gasteiger partial charge is 0.309 e. The third-order valence-electron chi connectivity index (χ3n) is 4.05. The van der Waals surface area contributed by atoms with Gasteiger partial charge in [0.2, 0.25) is 0 Å². The van der Waals surface area contributed by atoms with Crippen molar-refractivity contribution in [1.82, 2.24) is 5.32 Å². The van der Waals surface area contributed by atoms with Crippen LogP contribution in [-0.2, 0) is 0 Å². The quantitative estimate of drug-likeness (QED) is 0.764. The predicted molar refractivity (Wildman–Crippen MR) is 91.2 cm³/mol. The van der Waals surface area contributed by atoms with Gasteiger partial charge in [-0.3, -0.25) is 0 Å². The molecule has 1 aromatic carbocycles. The van der Waals surface area contributed by atoms with Crippen LogP contribution in [0.1, 0.15) is 65.4 Å². The van der Waals surface area contributed by atoms with Crippen LogP contribution in [0, 0.1) is 5.41 Å². The maximum Gasteiger partial charge on any atom is 0.0210 e. The van der Waals surface area contributed by atoms with Crippen LogP contribution in [0.2, 0.25) is 0 Å². The number of nitrogens with one attached hydrogen (secondary N) is 1. The summed E-state index contributed by atoms with van der Waals surface area (Å²) in [4.78, 5) is 0. The summed E-state index contributed by atoms with van der Waals surface area (Å²) in [5.74, 6) is 0.716. The van der Waals surface area contributed by atoms with Crippen molar-refractivity contribution in [3.8, 4) is 0 Å². The van der Waals surface area contributed by atoms with Gasteiger partial charge in [-0.2, -0.15) is 0 Å². The molecule has 1 nitrogen and oxygen atoms in total. The van der Waals surface area contributed by atoms with E-state index in [-0.39, 0.29) is 5.54 Å². The molecule has 1 fully saturated rings. The fourth-order valence-electron chi connectivity index (χ4n) is 3.73. The lowest BCUT2D eigenvalue weighted by molar-refractivity contribution is 0.176. The van der Waals surface area contributed by atoms with Crippen molar-refractivity contribution in [3.05, 3.63) is 34.3 Å². The fraction of sp³-hybridized carbons (Fsp3) is 0.667. The highest BCUT2D eigenvalue weighted by Crippen LogP contribution is 2.41. The molecule has 0 unspecified atom stereocenters. The molecule has 0 heterocycles. The van der Waals surface area contributed by atoms with Crippen LogP contribution in [-0.4, -0.2) is 11.6 Å². The second kappa shape index (κ2) is 5.81. The van der Waals surface area contributed by atoms with E-state index in [1.54, 1.807) is 0 Å². The van der Waals surface area contributed by atoms with Crippen LogP contribution in [0.5, 0.6) is 0 Å². The molecule has 0 saturated heterocycles. The maximum absolute atomic E-state index is 3.85. The lowest BCUT2D eigenvalue weighted by Gasteiger charge is -2.44. The van der Waals surface area contributed by atoms with Crippen molar-refractivity contribution in [3.63, 3.8) is 0 Å². The van der Waals surface area contributed by atoms with Crippen LogP contribution >= 0.6 is 15.9 Å². The lowest BCUT2D eigenvalue weighted by Crippen LogP contribution is -2.52. The van der Waals surface area contributed by atoms with Gasteiger partial charge in [0.1, 0.15) is 0 Å². The summed E-state index contributed by atoms with van der Waals surface area (Å²) < 4.78 is 1.26. The van der Waals surface area contributed by atoms with E-state index in [9.17, 15) is 0 Å². The SMILES string of the molecule is CC(C)(C)CC(C)(C)NC1CC(c2ccccc2Br)C1. The molecule has 112 valence electrons. The van der Waals surface area contributed by atoms with E-state index in [0.29, 0.717) is 17.4 Å². The van der Waals surface area contributed by atoms with Gasteiger partial charge in [-0.1, -0.05) is 54.9 Å². The molecule has 0 radical (unpaired) electrons. The molecule has 0 aliphatic heterocycles. The molecule has 0 atom stereocenters. The maximum atomic E-state index is 3.85. The molecule has 0 amide bonds. The van der Waals surface area contributed by atoms with Gasteiger partial charge in [-0.05, 0) is 56.1 Å². The highest BCUT2D eigenvalue weighted by molar-refractivity contribution is 9.10. The number of benzene rings is 1.